The molecule has 108 valence electrons. The lowest BCUT2D eigenvalue weighted by atomic mass is 10.2. The molecule has 1 aromatic heterocycles. The van der Waals surface area contributed by atoms with Crippen LogP contribution in [0.5, 0.6) is 5.75 Å². The summed E-state index contributed by atoms with van der Waals surface area (Å²) in [5.74, 6) is -0.869. The molecule has 1 fully saturated rings. The van der Waals surface area contributed by atoms with Crippen molar-refractivity contribution in [3.8, 4) is 5.75 Å². The molecular formula is C14H18N2O4. The number of ether oxygens (including phenoxy) is 1. The van der Waals surface area contributed by atoms with E-state index in [1.165, 1.54) is 18.3 Å². The second-order valence-electron chi connectivity index (χ2n) is 4.93. The number of carbonyl (C=O) groups is 2. The van der Waals surface area contributed by atoms with Crippen LogP contribution in [0, 0.1) is 0 Å². The second kappa shape index (κ2) is 6.36. The van der Waals surface area contributed by atoms with Gasteiger partial charge in [0.25, 0.3) is 5.91 Å². The summed E-state index contributed by atoms with van der Waals surface area (Å²) in [5, 5.41) is 11.7. The quantitative estimate of drug-likeness (QED) is 0.854. The van der Waals surface area contributed by atoms with Crippen molar-refractivity contribution < 1.29 is 19.4 Å². The van der Waals surface area contributed by atoms with Crippen LogP contribution in [0.15, 0.2) is 18.3 Å². The van der Waals surface area contributed by atoms with Gasteiger partial charge in [0, 0.05) is 6.04 Å². The van der Waals surface area contributed by atoms with Crippen molar-refractivity contribution in [3.63, 3.8) is 0 Å². The summed E-state index contributed by atoms with van der Waals surface area (Å²) in [6, 6.07) is 3.09. The number of aromatic nitrogens is 1. The summed E-state index contributed by atoms with van der Waals surface area (Å²) in [6.07, 6.45) is 5.03. The summed E-state index contributed by atoms with van der Waals surface area (Å²) < 4.78 is 5.45. The smallest absolute Gasteiger partial charge is 0.354 e. The molecular weight excluding hydrogens is 260 g/mol. The Hall–Kier alpha value is -2.11. The van der Waals surface area contributed by atoms with Crippen molar-refractivity contribution in [2.24, 2.45) is 0 Å². The average molecular weight is 278 g/mol. The Labute approximate surface area is 117 Å². The van der Waals surface area contributed by atoms with Crippen LogP contribution in [-0.2, 0) is 4.79 Å². The molecule has 6 heteroatoms. The highest BCUT2D eigenvalue weighted by atomic mass is 16.5. The number of nitrogens with one attached hydrogen (secondary N) is 1. The first kappa shape index (κ1) is 14.3. The topological polar surface area (TPSA) is 88.5 Å². The average Bonchev–Trinajstić information content (AvgIpc) is 2.92. The number of amides is 1. The molecule has 1 unspecified atom stereocenters. The van der Waals surface area contributed by atoms with E-state index in [4.69, 9.17) is 9.84 Å². The molecule has 6 nitrogen and oxygen atoms in total. The molecule has 2 rings (SSSR count). The lowest BCUT2D eigenvalue weighted by Gasteiger charge is -2.17. The molecule has 0 radical (unpaired) electrons. The number of nitrogens with zero attached hydrogens (tertiary/aromatic N) is 1. The maximum absolute atomic E-state index is 11.9. The molecule has 1 saturated carbocycles. The Morgan fingerprint density at radius 1 is 1.40 bits per heavy atom. The number of carbonyl (C=O) groups excluding carboxylic acids is 1. The summed E-state index contributed by atoms with van der Waals surface area (Å²) in [4.78, 5) is 26.3. The van der Waals surface area contributed by atoms with E-state index in [0.717, 1.165) is 25.7 Å². The highest BCUT2D eigenvalue weighted by Crippen LogP contribution is 2.18. The van der Waals surface area contributed by atoms with E-state index < -0.39 is 12.1 Å². The van der Waals surface area contributed by atoms with E-state index in [1.54, 1.807) is 6.92 Å². The molecule has 0 aliphatic heterocycles. The number of rotatable bonds is 5. The molecule has 1 aliphatic carbocycles. The molecule has 0 spiro atoms. The molecule has 1 aliphatic rings. The van der Waals surface area contributed by atoms with Crippen molar-refractivity contribution in [3.05, 3.63) is 24.0 Å². The van der Waals surface area contributed by atoms with Crippen LogP contribution >= 0.6 is 0 Å². The SMILES string of the molecule is CC(Oc1ccc(C(=O)O)nc1)C(=O)NC1CCCC1. The maximum Gasteiger partial charge on any atom is 0.354 e. The van der Waals surface area contributed by atoms with Gasteiger partial charge >= 0.3 is 5.97 Å². The molecule has 0 bridgehead atoms. The number of hydrogen-bond acceptors (Lipinski definition) is 4. The zero-order valence-electron chi connectivity index (χ0n) is 11.3. The zero-order chi connectivity index (χ0) is 14.5. The number of hydrogen-bond donors (Lipinski definition) is 2. The van der Waals surface area contributed by atoms with Gasteiger partial charge in [0.05, 0.1) is 6.20 Å². The van der Waals surface area contributed by atoms with Crippen molar-refractivity contribution in [2.45, 2.75) is 44.8 Å². The third-order valence-corrected chi connectivity index (χ3v) is 3.34. The lowest BCUT2D eigenvalue weighted by molar-refractivity contribution is -0.127. The van der Waals surface area contributed by atoms with E-state index in [0.29, 0.717) is 5.75 Å². The number of pyridine rings is 1. The highest BCUT2D eigenvalue weighted by molar-refractivity contribution is 5.85. The van der Waals surface area contributed by atoms with Gasteiger partial charge in [-0.1, -0.05) is 12.8 Å². The summed E-state index contributed by atoms with van der Waals surface area (Å²) in [6.45, 7) is 1.66. The van der Waals surface area contributed by atoms with Crippen molar-refractivity contribution in [2.75, 3.05) is 0 Å². The first-order chi connectivity index (χ1) is 9.56. The maximum atomic E-state index is 11.9. The first-order valence-electron chi connectivity index (χ1n) is 6.72. The van der Waals surface area contributed by atoms with Crippen molar-refractivity contribution >= 4 is 11.9 Å². The molecule has 0 saturated heterocycles. The minimum Gasteiger partial charge on any atom is -0.479 e. The predicted molar refractivity (Wildman–Crippen MR) is 71.7 cm³/mol. The highest BCUT2D eigenvalue weighted by Gasteiger charge is 2.21. The fourth-order valence-electron chi connectivity index (χ4n) is 2.22. The molecule has 20 heavy (non-hydrogen) atoms. The number of carboxylic acid groups (broad SMARTS) is 1. The summed E-state index contributed by atoms with van der Waals surface area (Å²) in [5.41, 5.74) is -0.0552. The number of carboxylic acids is 1. The Morgan fingerprint density at radius 3 is 2.65 bits per heavy atom. The van der Waals surface area contributed by atoms with Crippen LogP contribution < -0.4 is 10.1 Å². The van der Waals surface area contributed by atoms with Gasteiger partial charge in [0.15, 0.2) is 6.10 Å². The van der Waals surface area contributed by atoms with Gasteiger partial charge in [-0.25, -0.2) is 9.78 Å². The van der Waals surface area contributed by atoms with Gasteiger partial charge in [0.2, 0.25) is 0 Å². The van der Waals surface area contributed by atoms with Crippen molar-refractivity contribution in [1.29, 1.82) is 0 Å². The molecule has 1 heterocycles. The van der Waals surface area contributed by atoms with Gasteiger partial charge in [-0.3, -0.25) is 4.79 Å². The van der Waals surface area contributed by atoms with Gasteiger partial charge < -0.3 is 15.2 Å². The van der Waals surface area contributed by atoms with Gasteiger partial charge in [-0.15, -0.1) is 0 Å². The Bertz CT molecular complexity index is 480. The number of aromatic carboxylic acids is 1. The third-order valence-electron chi connectivity index (χ3n) is 3.34. The molecule has 2 N–H and O–H groups in total. The van der Waals surface area contributed by atoms with Gasteiger partial charge in [-0.2, -0.15) is 0 Å². The Balaban J connectivity index is 1.87. The van der Waals surface area contributed by atoms with Crippen LogP contribution in [0.25, 0.3) is 0 Å². The fraction of sp³-hybridized carbons (Fsp3) is 0.500. The monoisotopic (exact) mass is 278 g/mol. The van der Waals surface area contributed by atoms with Crippen molar-refractivity contribution in [1.82, 2.24) is 10.3 Å². The normalized spacial score (nSPS) is 16.6. The lowest BCUT2D eigenvalue weighted by Crippen LogP contribution is -2.41. The largest absolute Gasteiger partial charge is 0.479 e. The molecule has 1 aromatic rings. The first-order valence-corrected chi connectivity index (χ1v) is 6.72. The fourth-order valence-corrected chi connectivity index (χ4v) is 2.22. The Morgan fingerprint density at radius 2 is 2.10 bits per heavy atom. The van der Waals surface area contributed by atoms with E-state index in [9.17, 15) is 9.59 Å². The second-order valence-corrected chi connectivity index (χ2v) is 4.93. The Kier molecular flexibility index (Phi) is 4.55. The summed E-state index contributed by atoms with van der Waals surface area (Å²) in [7, 11) is 0. The van der Waals surface area contributed by atoms with Crippen LogP contribution in [0.3, 0.4) is 0 Å². The standard InChI is InChI=1S/C14H18N2O4/c1-9(13(17)16-10-4-2-3-5-10)20-11-6-7-12(14(18)19)15-8-11/h6-10H,2-5H2,1H3,(H,16,17)(H,18,19). The van der Waals surface area contributed by atoms with Crippen LogP contribution in [0.2, 0.25) is 0 Å². The molecule has 1 atom stereocenters. The third kappa shape index (κ3) is 3.69. The zero-order valence-corrected chi connectivity index (χ0v) is 11.3. The van der Waals surface area contributed by atoms with Gasteiger partial charge in [0.1, 0.15) is 11.4 Å². The minimum absolute atomic E-state index is 0.0552. The van der Waals surface area contributed by atoms with Crippen LogP contribution in [0.1, 0.15) is 43.1 Å². The minimum atomic E-state index is -1.09. The van der Waals surface area contributed by atoms with E-state index in [2.05, 4.69) is 10.3 Å². The predicted octanol–water partition coefficient (Wildman–Crippen LogP) is 1.61. The van der Waals surface area contributed by atoms with E-state index in [1.807, 2.05) is 0 Å². The molecule has 1 amide bonds. The van der Waals surface area contributed by atoms with E-state index >= 15 is 0 Å². The van der Waals surface area contributed by atoms with Crippen LogP contribution in [-0.4, -0.2) is 34.1 Å². The van der Waals surface area contributed by atoms with Gasteiger partial charge in [-0.05, 0) is 31.9 Å². The molecule has 0 aromatic carbocycles. The summed E-state index contributed by atoms with van der Waals surface area (Å²) >= 11 is 0. The van der Waals surface area contributed by atoms with E-state index in [-0.39, 0.29) is 17.6 Å². The van der Waals surface area contributed by atoms with Crippen LogP contribution in [0.4, 0.5) is 0 Å².